The van der Waals surface area contributed by atoms with Gasteiger partial charge in [0.05, 0.1) is 34.8 Å². The maximum Gasteiger partial charge on any atom is 0.417 e. The molecule has 0 spiro atoms. The molecular weight excluding hydrogens is 503 g/mol. The molecule has 3 heterocycles. The number of hydrogen-bond acceptors (Lipinski definition) is 6. The van der Waals surface area contributed by atoms with Gasteiger partial charge in [0, 0.05) is 6.07 Å². The molecule has 0 unspecified atom stereocenters. The second-order valence-corrected chi connectivity index (χ2v) is 8.94. The summed E-state index contributed by atoms with van der Waals surface area (Å²) >= 11 is 5.53. The van der Waals surface area contributed by atoms with Gasteiger partial charge in [-0.25, -0.2) is 4.98 Å². The number of carbonyl (C=O) groups is 1. The van der Waals surface area contributed by atoms with Crippen LogP contribution in [0.15, 0.2) is 36.5 Å². The van der Waals surface area contributed by atoms with Crippen LogP contribution >= 0.6 is 24.6 Å². The Kier molecular flexibility index (Phi) is 7.59. The number of nitriles is 1. The Labute approximate surface area is 212 Å². The third-order valence-corrected chi connectivity index (χ3v) is 6.27. The fraction of sp³-hybridized carbons (Fsp3) is 0.391. The highest BCUT2D eigenvalue weighted by Crippen LogP contribution is 2.39. The predicted molar refractivity (Wildman–Crippen MR) is 131 cm³/mol. The minimum atomic E-state index is -4.76. The number of piperidine rings is 1. The minimum Gasteiger partial charge on any atom is -0.474 e. The van der Waals surface area contributed by atoms with Crippen molar-refractivity contribution in [1.29, 1.82) is 5.26 Å². The summed E-state index contributed by atoms with van der Waals surface area (Å²) in [6, 6.07) is 8.04. The lowest BCUT2D eigenvalue weighted by Crippen LogP contribution is -2.44. The average molecular weight is 526 g/mol. The van der Waals surface area contributed by atoms with E-state index in [4.69, 9.17) is 22.2 Å². The summed E-state index contributed by atoms with van der Waals surface area (Å²) < 4.78 is 46.3. The molecule has 7 nitrogen and oxygen atoms in total. The number of nitrogens with one attached hydrogen (secondary N) is 1. The first-order valence-electron chi connectivity index (χ1n) is 10.7. The van der Waals surface area contributed by atoms with Gasteiger partial charge in [-0.15, -0.1) is 12.4 Å². The number of nitrogens with zero attached hydrogens (tertiary/aromatic N) is 4. The van der Waals surface area contributed by atoms with Gasteiger partial charge < -0.3 is 15.0 Å². The number of pyridine rings is 1. The van der Waals surface area contributed by atoms with Gasteiger partial charge in [-0.3, -0.25) is 9.69 Å². The van der Waals surface area contributed by atoms with Crippen molar-refractivity contribution in [3.8, 4) is 11.9 Å². The summed E-state index contributed by atoms with van der Waals surface area (Å²) in [6.07, 6.45) is -1.41. The van der Waals surface area contributed by atoms with Crippen LogP contribution in [-0.2, 0) is 11.0 Å². The molecule has 2 saturated heterocycles. The number of thiocarbonyl (C=S) groups is 1. The monoisotopic (exact) mass is 525 g/mol. The quantitative estimate of drug-likeness (QED) is 0.591. The summed E-state index contributed by atoms with van der Waals surface area (Å²) in [6.45, 7) is 5.02. The van der Waals surface area contributed by atoms with Crippen LogP contribution in [0.5, 0.6) is 5.88 Å². The zero-order chi connectivity index (χ0) is 24.7. The molecule has 0 atom stereocenters. The Bertz CT molecular complexity index is 1160. The maximum atomic E-state index is 13.5. The Hall–Kier alpha value is -2.94. The van der Waals surface area contributed by atoms with Crippen molar-refractivity contribution in [3.05, 3.63) is 47.7 Å². The van der Waals surface area contributed by atoms with Crippen molar-refractivity contribution in [2.75, 3.05) is 22.9 Å². The van der Waals surface area contributed by atoms with E-state index in [2.05, 4.69) is 10.3 Å². The Morgan fingerprint density at radius 2 is 1.86 bits per heavy atom. The molecule has 2 fully saturated rings. The van der Waals surface area contributed by atoms with Gasteiger partial charge in [-0.1, -0.05) is 0 Å². The molecule has 12 heteroatoms. The summed E-state index contributed by atoms with van der Waals surface area (Å²) in [5, 5.41) is 12.3. The summed E-state index contributed by atoms with van der Waals surface area (Å²) in [4.78, 5) is 20.2. The average Bonchev–Trinajstić information content (AvgIpc) is 2.98. The van der Waals surface area contributed by atoms with Crippen molar-refractivity contribution in [3.63, 3.8) is 0 Å². The van der Waals surface area contributed by atoms with E-state index in [0.717, 1.165) is 43.0 Å². The number of amides is 1. The van der Waals surface area contributed by atoms with Crippen molar-refractivity contribution < 1.29 is 22.7 Å². The summed E-state index contributed by atoms with van der Waals surface area (Å²) in [5.41, 5.74) is -2.38. The van der Waals surface area contributed by atoms with Gasteiger partial charge in [0.1, 0.15) is 11.6 Å². The molecule has 4 rings (SSSR count). The number of aromatic nitrogens is 1. The van der Waals surface area contributed by atoms with Crippen LogP contribution in [0.4, 0.5) is 24.5 Å². The summed E-state index contributed by atoms with van der Waals surface area (Å²) in [7, 11) is 0. The number of hydrogen-bond donors (Lipinski definition) is 1. The molecule has 186 valence electrons. The number of ether oxygens (including phenoxy) is 1. The molecule has 0 aliphatic carbocycles. The van der Waals surface area contributed by atoms with Gasteiger partial charge in [-0.05, 0) is 76.3 Å². The molecule has 2 aromatic rings. The number of benzene rings is 1. The highest BCUT2D eigenvalue weighted by molar-refractivity contribution is 7.81. The van der Waals surface area contributed by atoms with E-state index in [1.165, 1.54) is 18.3 Å². The van der Waals surface area contributed by atoms with Crippen LogP contribution in [0.1, 0.15) is 37.8 Å². The fourth-order valence-electron chi connectivity index (χ4n) is 4.12. The zero-order valence-corrected chi connectivity index (χ0v) is 20.6. The molecule has 2 aliphatic rings. The van der Waals surface area contributed by atoms with Crippen LogP contribution < -0.4 is 19.9 Å². The molecule has 1 aromatic heterocycles. The van der Waals surface area contributed by atoms with Gasteiger partial charge >= 0.3 is 6.18 Å². The Balaban J connectivity index is 0.00000342. The molecule has 35 heavy (non-hydrogen) atoms. The first kappa shape index (κ1) is 26.7. The van der Waals surface area contributed by atoms with Crippen molar-refractivity contribution >= 4 is 47.0 Å². The third-order valence-electron chi connectivity index (χ3n) is 5.91. The Morgan fingerprint density at radius 1 is 1.20 bits per heavy atom. The van der Waals surface area contributed by atoms with Crippen LogP contribution in [0.2, 0.25) is 0 Å². The van der Waals surface area contributed by atoms with Crippen LogP contribution in [0.25, 0.3) is 0 Å². The highest BCUT2D eigenvalue weighted by Gasteiger charge is 2.50. The number of carbonyl (C=O) groups excluding carboxylic acids is 1. The first-order chi connectivity index (χ1) is 16.0. The molecule has 2 aliphatic heterocycles. The van der Waals surface area contributed by atoms with E-state index in [9.17, 15) is 18.0 Å². The number of alkyl halides is 3. The standard InChI is InChI=1S/C23H22F3N5O2S.ClH/c1-22(2)20(32)30(15-4-3-14(12-27)18(11-15)23(24,25)26)21(34)31(22)16-5-6-19(29-13-16)33-17-7-9-28-10-8-17;/h3-6,11,13,17,28H,7-10H2,1-2H3;1H. The van der Waals surface area contributed by atoms with Gasteiger partial charge in [0.15, 0.2) is 5.11 Å². The lowest BCUT2D eigenvalue weighted by Gasteiger charge is -2.29. The number of rotatable bonds is 4. The number of halogens is 4. The molecule has 0 bridgehead atoms. The molecule has 1 N–H and O–H groups in total. The predicted octanol–water partition coefficient (Wildman–Crippen LogP) is 4.44. The van der Waals surface area contributed by atoms with Gasteiger partial charge in [0.25, 0.3) is 5.91 Å². The summed E-state index contributed by atoms with van der Waals surface area (Å²) in [5.74, 6) is -0.0472. The van der Waals surface area contributed by atoms with Crippen LogP contribution in [0, 0.1) is 11.3 Å². The second-order valence-electron chi connectivity index (χ2n) is 8.58. The van der Waals surface area contributed by atoms with Gasteiger partial charge in [0.2, 0.25) is 5.88 Å². The molecule has 1 aromatic carbocycles. The Morgan fingerprint density at radius 3 is 2.43 bits per heavy atom. The smallest absolute Gasteiger partial charge is 0.417 e. The zero-order valence-electron chi connectivity index (χ0n) is 18.9. The number of anilines is 2. The minimum absolute atomic E-state index is 0. The largest absolute Gasteiger partial charge is 0.474 e. The molecule has 1 amide bonds. The lowest BCUT2D eigenvalue weighted by atomic mass is 10.0. The van der Waals surface area contributed by atoms with Crippen molar-refractivity contribution in [2.24, 2.45) is 0 Å². The van der Waals surface area contributed by atoms with E-state index in [0.29, 0.717) is 11.6 Å². The van der Waals surface area contributed by atoms with Crippen LogP contribution in [-0.4, -0.2) is 40.7 Å². The van der Waals surface area contributed by atoms with E-state index in [1.807, 2.05) is 0 Å². The molecule has 0 saturated carbocycles. The molecule has 0 radical (unpaired) electrons. The van der Waals surface area contributed by atoms with E-state index >= 15 is 0 Å². The maximum absolute atomic E-state index is 13.5. The highest BCUT2D eigenvalue weighted by atomic mass is 35.5. The molecular formula is C23H23ClF3N5O2S. The van der Waals surface area contributed by atoms with E-state index in [-0.39, 0.29) is 29.3 Å². The van der Waals surface area contributed by atoms with E-state index < -0.39 is 28.7 Å². The second kappa shape index (κ2) is 9.97. The van der Waals surface area contributed by atoms with E-state index in [1.54, 1.807) is 30.9 Å². The topological polar surface area (TPSA) is 81.5 Å². The first-order valence-corrected chi connectivity index (χ1v) is 11.1. The lowest BCUT2D eigenvalue weighted by molar-refractivity contribution is -0.137. The van der Waals surface area contributed by atoms with Crippen molar-refractivity contribution in [2.45, 2.75) is 44.5 Å². The SMILES string of the molecule is CC1(C)C(=O)N(c2ccc(C#N)c(C(F)(F)F)c2)C(=S)N1c1ccc(OC2CCNCC2)nc1.Cl. The van der Waals surface area contributed by atoms with Gasteiger partial charge in [-0.2, -0.15) is 18.4 Å². The fourth-order valence-corrected chi connectivity index (χ4v) is 4.64. The van der Waals surface area contributed by atoms with Crippen molar-refractivity contribution in [1.82, 2.24) is 10.3 Å². The normalized spacial score (nSPS) is 18.3. The van der Waals surface area contributed by atoms with Crippen LogP contribution in [0.3, 0.4) is 0 Å². The third kappa shape index (κ3) is 5.05.